The molecule has 0 bridgehead atoms. The van der Waals surface area contributed by atoms with Crippen molar-refractivity contribution in [2.75, 3.05) is 11.9 Å². The van der Waals surface area contributed by atoms with Gasteiger partial charge in [-0.25, -0.2) is 0 Å². The first-order chi connectivity index (χ1) is 18.0. The molecule has 0 spiro atoms. The number of nitrogens with zero attached hydrogens (tertiary/aromatic N) is 2. The Labute approximate surface area is 256 Å². The van der Waals surface area contributed by atoms with Crippen LogP contribution >= 0.6 is 23.2 Å². The minimum atomic E-state index is -4.64. The molecule has 13 heteroatoms. The number of anilines is 1. The quantitative estimate of drug-likeness (QED) is 0.189. The van der Waals surface area contributed by atoms with E-state index in [0.717, 1.165) is 0 Å². The third-order valence-electron chi connectivity index (χ3n) is 5.58. The number of ether oxygens (including phenoxy) is 1. The molecular weight excluding hydrogens is 576 g/mol. The van der Waals surface area contributed by atoms with Crippen LogP contribution in [0.3, 0.4) is 0 Å². The first-order valence-electron chi connectivity index (χ1n) is 11.2. The number of azo groups is 1. The number of amides is 1. The van der Waals surface area contributed by atoms with Gasteiger partial charge in [0.1, 0.15) is 15.7 Å². The molecule has 0 aliphatic carbocycles. The van der Waals surface area contributed by atoms with Gasteiger partial charge in [0.25, 0.3) is 16.0 Å². The minimum absolute atomic E-state index is 0. The number of rotatable bonds is 7. The summed E-state index contributed by atoms with van der Waals surface area (Å²) in [6.07, 6.45) is 0. The number of hydrogen-bond donors (Lipinski definition) is 2. The van der Waals surface area contributed by atoms with Crippen molar-refractivity contribution in [1.29, 1.82) is 0 Å². The fourth-order valence-electron chi connectivity index (χ4n) is 3.82. The van der Waals surface area contributed by atoms with E-state index in [4.69, 9.17) is 27.9 Å². The number of hydrogen-bond acceptors (Lipinski definition) is 7. The predicted octanol–water partition coefficient (Wildman–Crippen LogP) is 3.85. The Kier molecular flexibility index (Phi) is 10.0. The van der Waals surface area contributed by atoms with E-state index in [2.05, 4.69) is 15.5 Å². The van der Waals surface area contributed by atoms with Crippen molar-refractivity contribution < 1.29 is 57.2 Å². The van der Waals surface area contributed by atoms with Gasteiger partial charge in [0, 0.05) is 10.9 Å². The maximum absolute atomic E-state index is 13.4. The Morgan fingerprint density at radius 1 is 1.08 bits per heavy atom. The topological polar surface area (TPSA) is 140 Å². The first-order valence-corrected chi connectivity index (χ1v) is 13.4. The van der Waals surface area contributed by atoms with Crippen molar-refractivity contribution in [3.8, 4) is 11.5 Å². The van der Waals surface area contributed by atoms with Gasteiger partial charge < -0.3 is 15.2 Å². The molecule has 39 heavy (non-hydrogen) atoms. The molecule has 0 saturated carbocycles. The second kappa shape index (κ2) is 12.6. The number of carbonyl (C=O) groups is 1. The van der Waals surface area contributed by atoms with Crippen molar-refractivity contribution in [3.63, 3.8) is 0 Å². The van der Waals surface area contributed by atoms with Crippen LogP contribution in [0.1, 0.15) is 22.8 Å². The van der Waals surface area contributed by atoms with E-state index in [-0.39, 0.29) is 67.8 Å². The molecule has 0 heterocycles. The Morgan fingerprint density at radius 2 is 1.79 bits per heavy atom. The molecule has 2 N–H and O–H groups in total. The van der Waals surface area contributed by atoms with Gasteiger partial charge in [0.15, 0.2) is 0 Å². The van der Waals surface area contributed by atoms with Gasteiger partial charge in [-0.3, -0.25) is 9.35 Å². The Hall–Kier alpha value is -2.70. The summed E-state index contributed by atoms with van der Waals surface area (Å²) in [7, 11) is -4.64. The van der Waals surface area contributed by atoms with E-state index in [0.29, 0.717) is 23.1 Å². The second-order valence-electron chi connectivity index (χ2n) is 8.02. The molecule has 1 amide bonds. The molecule has 4 rings (SSSR count). The summed E-state index contributed by atoms with van der Waals surface area (Å²) < 4.78 is 38.5. The Morgan fingerprint density at radius 3 is 2.49 bits per heavy atom. The SMILES string of the molecule is CCOc1cccc(NC(=O)c2cc3ccccc3c(N=Nc3ccc(Cl)c(S(=O)(=O)O)c3C)c2[O-])c1Cl.[Na+]. The normalized spacial score (nSPS) is 11.4. The number of carbonyl (C=O) groups excluding carboxylic acids is 1. The van der Waals surface area contributed by atoms with Crippen molar-refractivity contribution in [2.45, 2.75) is 18.7 Å². The van der Waals surface area contributed by atoms with E-state index in [9.17, 15) is 22.9 Å². The number of fused-ring (bicyclic) bond motifs is 1. The minimum Gasteiger partial charge on any atom is -0.870 e. The van der Waals surface area contributed by atoms with Crippen molar-refractivity contribution in [2.24, 2.45) is 10.2 Å². The van der Waals surface area contributed by atoms with Crippen LogP contribution in [0.2, 0.25) is 10.0 Å². The average Bonchev–Trinajstić information content (AvgIpc) is 2.86. The summed E-state index contributed by atoms with van der Waals surface area (Å²) in [5.74, 6) is -1.04. The van der Waals surface area contributed by atoms with Gasteiger partial charge in [0.2, 0.25) is 0 Å². The molecular formula is C26H20Cl2N3NaO6S. The molecule has 0 aliphatic heterocycles. The average molecular weight is 596 g/mol. The van der Waals surface area contributed by atoms with E-state index in [1.54, 1.807) is 49.4 Å². The zero-order chi connectivity index (χ0) is 27.6. The van der Waals surface area contributed by atoms with Gasteiger partial charge in [-0.1, -0.05) is 59.3 Å². The monoisotopic (exact) mass is 595 g/mol. The third kappa shape index (κ3) is 6.55. The summed E-state index contributed by atoms with van der Waals surface area (Å²) in [6.45, 7) is 3.56. The van der Waals surface area contributed by atoms with E-state index >= 15 is 0 Å². The fraction of sp³-hybridized carbons (Fsp3) is 0.115. The van der Waals surface area contributed by atoms with Crippen LogP contribution in [0.25, 0.3) is 10.8 Å². The summed E-state index contributed by atoms with van der Waals surface area (Å²) >= 11 is 12.3. The maximum atomic E-state index is 13.4. The van der Waals surface area contributed by atoms with Crippen LogP contribution in [-0.4, -0.2) is 25.5 Å². The van der Waals surface area contributed by atoms with Crippen LogP contribution in [0.15, 0.2) is 75.8 Å². The molecule has 4 aromatic carbocycles. The zero-order valence-corrected chi connectivity index (χ0v) is 25.4. The predicted molar refractivity (Wildman–Crippen MR) is 144 cm³/mol. The molecule has 0 saturated heterocycles. The largest absolute Gasteiger partial charge is 1.00 e. The smallest absolute Gasteiger partial charge is 0.870 e. The van der Waals surface area contributed by atoms with E-state index < -0.39 is 26.7 Å². The molecule has 0 radical (unpaired) electrons. The zero-order valence-electron chi connectivity index (χ0n) is 21.0. The van der Waals surface area contributed by atoms with Crippen LogP contribution in [0.5, 0.6) is 11.5 Å². The van der Waals surface area contributed by atoms with Crippen LogP contribution < -0.4 is 44.7 Å². The molecule has 196 valence electrons. The maximum Gasteiger partial charge on any atom is 1.00 e. The number of halogens is 2. The van der Waals surface area contributed by atoms with Crippen LogP contribution in [0.4, 0.5) is 17.1 Å². The Balaban J connectivity index is 0.00000420. The van der Waals surface area contributed by atoms with E-state index in [1.165, 1.54) is 25.1 Å². The van der Waals surface area contributed by atoms with Crippen molar-refractivity contribution in [3.05, 3.63) is 81.8 Å². The van der Waals surface area contributed by atoms with Crippen molar-refractivity contribution in [1.82, 2.24) is 0 Å². The molecule has 9 nitrogen and oxygen atoms in total. The number of benzene rings is 4. The third-order valence-corrected chi connectivity index (χ3v) is 7.44. The molecule has 0 aromatic heterocycles. The van der Waals surface area contributed by atoms with Gasteiger partial charge in [-0.05, 0) is 55.1 Å². The van der Waals surface area contributed by atoms with Gasteiger partial charge in [-0.2, -0.15) is 18.6 Å². The van der Waals surface area contributed by atoms with Gasteiger partial charge >= 0.3 is 29.6 Å². The number of nitrogens with one attached hydrogen (secondary N) is 1. The fourth-order valence-corrected chi connectivity index (χ4v) is 5.35. The summed E-state index contributed by atoms with van der Waals surface area (Å²) in [5.41, 5.74) is 0.0122. The molecule has 0 atom stereocenters. The standard InChI is InChI=1S/C26H21Cl2N3O6S.Na/c1-3-37-21-10-6-9-20(22(21)28)29-26(33)17-13-15-7-4-5-8-16(15)23(24(17)32)31-30-19-12-11-18(27)25(14(19)2)38(34,35)36;/h4-13,32H,3H2,1-2H3,(H,29,33)(H,34,35,36);/q;+1/p-1. The van der Waals surface area contributed by atoms with Crippen molar-refractivity contribution >= 4 is 67.1 Å². The van der Waals surface area contributed by atoms with E-state index in [1.807, 2.05) is 0 Å². The summed E-state index contributed by atoms with van der Waals surface area (Å²) in [5, 5.41) is 25.2. The van der Waals surface area contributed by atoms with Crippen LogP contribution in [-0.2, 0) is 10.1 Å². The van der Waals surface area contributed by atoms with Gasteiger partial charge in [-0.15, -0.1) is 0 Å². The molecule has 0 unspecified atom stereocenters. The molecule has 0 fully saturated rings. The van der Waals surface area contributed by atoms with Gasteiger partial charge in [0.05, 0.1) is 28.7 Å². The first kappa shape index (κ1) is 30.8. The Bertz CT molecular complexity index is 1710. The molecule has 0 aliphatic rings. The summed E-state index contributed by atoms with van der Waals surface area (Å²) in [6, 6.07) is 15.7. The second-order valence-corrected chi connectivity index (χ2v) is 10.2. The molecule has 4 aromatic rings. The van der Waals surface area contributed by atoms with Crippen LogP contribution in [0, 0.1) is 6.92 Å². The summed E-state index contributed by atoms with van der Waals surface area (Å²) in [4.78, 5) is 12.7.